The lowest BCUT2D eigenvalue weighted by molar-refractivity contribution is 0.0597. The van der Waals surface area contributed by atoms with Crippen LogP contribution in [0.2, 0.25) is 0 Å². The summed E-state index contributed by atoms with van der Waals surface area (Å²) in [6.07, 6.45) is 1.51. The largest absolute Gasteiger partial charge is 0.465 e. The number of carbonyl (C=O) groups is 3. The zero-order valence-electron chi connectivity index (χ0n) is 11.7. The predicted octanol–water partition coefficient (Wildman–Crippen LogP) is 2.07. The van der Waals surface area contributed by atoms with E-state index >= 15 is 0 Å². The monoisotopic (exact) mass is 283 g/mol. The van der Waals surface area contributed by atoms with Crippen LogP contribution in [0, 0.1) is 0 Å². The number of aromatic nitrogens is 1. The third-order valence-corrected chi connectivity index (χ3v) is 3.68. The molecule has 0 aliphatic heterocycles. The Hall–Kier alpha value is -2.69. The van der Waals surface area contributed by atoms with Crippen molar-refractivity contribution in [3.63, 3.8) is 0 Å². The summed E-state index contributed by atoms with van der Waals surface area (Å²) in [6, 6.07) is 6.64. The fourth-order valence-corrected chi connectivity index (χ4v) is 2.69. The molecular weight excluding hydrogens is 270 g/mol. The number of benzene rings is 1. The van der Waals surface area contributed by atoms with Crippen LogP contribution in [0.3, 0.4) is 0 Å². The molecule has 5 heteroatoms. The molecular formula is C16H13NO4. The van der Waals surface area contributed by atoms with Gasteiger partial charge in [-0.2, -0.15) is 0 Å². The summed E-state index contributed by atoms with van der Waals surface area (Å²) in [7, 11) is 1.25. The van der Waals surface area contributed by atoms with E-state index in [0.29, 0.717) is 17.7 Å². The molecule has 0 atom stereocenters. The smallest absolute Gasteiger partial charge is 0.340 e. The average molecular weight is 283 g/mol. The number of methoxy groups -OCH3 is 1. The quantitative estimate of drug-likeness (QED) is 0.675. The molecule has 1 heterocycles. The van der Waals surface area contributed by atoms with Gasteiger partial charge in [0.05, 0.1) is 18.2 Å². The molecule has 106 valence electrons. The van der Waals surface area contributed by atoms with Gasteiger partial charge in [-0.05, 0) is 6.92 Å². The highest BCUT2D eigenvalue weighted by Crippen LogP contribution is 2.31. The SMILES string of the molecule is CCn1cc(C(=O)OC)c2c1C(=O)c1ccccc1C2=O. The maximum atomic E-state index is 12.7. The standard InChI is InChI=1S/C16H13NO4/c1-3-17-8-11(16(20)21-2)12-13(17)15(19)10-7-5-4-6-9(10)14(12)18/h4-8H,3H2,1-2H3. The molecule has 0 unspecified atom stereocenters. The van der Waals surface area contributed by atoms with E-state index in [-0.39, 0.29) is 28.4 Å². The number of hydrogen-bond acceptors (Lipinski definition) is 4. The summed E-state index contributed by atoms with van der Waals surface area (Å²) in [5, 5.41) is 0. The van der Waals surface area contributed by atoms with Crippen molar-refractivity contribution in [1.29, 1.82) is 0 Å². The van der Waals surface area contributed by atoms with E-state index in [1.165, 1.54) is 13.3 Å². The van der Waals surface area contributed by atoms with Crippen molar-refractivity contribution in [2.24, 2.45) is 0 Å². The first kappa shape index (κ1) is 13.3. The second-order valence-electron chi connectivity index (χ2n) is 4.75. The van der Waals surface area contributed by atoms with Crippen molar-refractivity contribution in [3.05, 3.63) is 58.4 Å². The Kier molecular flexibility index (Phi) is 2.97. The minimum Gasteiger partial charge on any atom is -0.465 e. The number of ketones is 2. The van der Waals surface area contributed by atoms with Crippen molar-refractivity contribution in [2.75, 3.05) is 7.11 Å². The topological polar surface area (TPSA) is 65.4 Å². The number of aryl methyl sites for hydroxylation is 1. The van der Waals surface area contributed by atoms with Crippen molar-refractivity contribution >= 4 is 17.5 Å². The number of fused-ring (bicyclic) bond motifs is 2. The molecule has 3 rings (SSSR count). The zero-order valence-corrected chi connectivity index (χ0v) is 11.7. The molecule has 1 aromatic heterocycles. The molecule has 0 saturated heterocycles. The van der Waals surface area contributed by atoms with E-state index in [1.54, 1.807) is 28.8 Å². The molecule has 5 nitrogen and oxygen atoms in total. The van der Waals surface area contributed by atoms with E-state index in [2.05, 4.69) is 0 Å². The van der Waals surface area contributed by atoms with E-state index < -0.39 is 5.97 Å². The van der Waals surface area contributed by atoms with Crippen molar-refractivity contribution in [3.8, 4) is 0 Å². The number of nitrogens with zero attached hydrogens (tertiary/aromatic N) is 1. The van der Waals surface area contributed by atoms with Crippen LogP contribution in [0.1, 0.15) is 49.3 Å². The van der Waals surface area contributed by atoms with E-state index in [1.807, 2.05) is 6.92 Å². The van der Waals surface area contributed by atoms with Gasteiger partial charge in [0.25, 0.3) is 0 Å². The van der Waals surface area contributed by atoms with Crippen LogP contribution in [-0.4, -0.2) is 29.2 Å². The molecule has 0 saturated carbocycles. The summed E-state index contributed by atoms with van der Waals surface area (Å²) >= 11 is 0. The van der Waals surface area contributed by atoms with Gasteiger partial charge in [0.1, 0.15) is 5.69 Å². The molecule has 0 spiro atoms. The summed E-state index contributed by atoms with van der Waals surface area (Å²) < 4.78 is 6.34. The first-order valence-corrected chi connectivity index (χ1v) is 6.60. The molecule has 1 aliphatic carbocycles. The Morgan fingerprint density at radius 2 is 1.76 bits per heavy atom. The second-order valence-corrected chi connectivity index (χ2v) is 4.75. The summed E-state index contributed by atoms with van der Waals surface area (Å²) in [5.74, 6) is -1.16. The molecule has 0 amide bonds. The number of ether oxygens (including phenoxy) is 1. The van der Waals surface area contributed by atoms with E-state index in [4.69, 9.17) is 4.74 Å². The first-order chi connectivity index (χ1) is 10.1. The minimum atomic E-state index is -0.612. The van der Waals surface area contributed by atoms with Crippen LogP contribution in [-0.2, 0) is 11.3 Å². The Morgan fingerprint density at radius 3 is 2.33 bits per heavy atom. The van der Waals surface area contributed by atoms with Crippen molar-refractivity contribution < 1.29 is 19.1 Å². The van der Waals surface area contributed by atoms with Gasteiger partial charge in [-0.25, -0.2) is 4.79 Å². The lowest BCUT2D eigenvalue weighted by Crippen LogP contribution is -2.23. The van der Waals surface area contributed by atoms with Crippen molar-refractivity contribution in [2.45, 2.75) is 13.5 Å². The van der Waals surface area contributed by atoms with Gasteiger partial charge < -0.3 is 9.30 Å². The fraction of sp³-hybridized carbons (Fsp3) is 0.188. The van der Waals surface area contributed by atoms with Crippen LogP contribution in [0.25, 0.3) is 0 Å². The molecule has 0 bridgehead atoms. The molecule has 0 radical (unpaired) electrons. The second kappa shape index (κ2) is 4.70. The first-order valence-electron chi connectivity index (χ1n) is 6.60. The average Bonchev–Trinajstić information content (AvgIpc) is 2.91. The highest BCUT2D eigenvalue weighted by Gasteiger charge is 2.36. The number of rotatable bonds is 2. The summed E-state index contributed by atoms with van der Waals surface area (Å²) in [4.78, 5) is 37.2. The maximum absolute atomic E-state index is 12.7. The van der Waals surface area contributed by atoms with Gasteiger partial charge >= 0.3 is 5.97 Å². The van der Waals surface area contributed by atoms with E-state index in [9.17, 15) is 14.4 Å². The highest BCUT2D eigenvalue weighted by molar-refractivity contribution is 6.30. The minimum absolute atomic E-state index is 0.141. The van der Waals surface area contributed by atoms with Crippen LogP contribution in [0.5, 0.6) is 0 Å². The third kappa shape index (κ3) is 1.74. The molecule has 2 aromatic rings. The zero-order chi connectivity index (χ0) is 15.1. The number of hydrogen-bond donors (Lipinski definition) is 0. The Morgan fingerprint density at radius 1 is 1.14 bits per heavy atom. The number of carbonyl (C=O) groups excluding carboxylic acids is 3. The van der Waals surface area contributed by atoms with E-state index in [0.717, 1.165) is 0 Å². The van der Waals surface area contributed by atoms with Gasteiger partial charge in [0.2, 0.25) is 5.78 Å². The predicted molar refractivity (Wildman–Crippen MR) is 74.8 cm³/mol. The summed E-state index contributed by atoms with van der Waals surface area (Å²) in [5.41, 5.74) is 1.25. The number of esters is 1. The van der Waals surface area contributed by atoms with Gasteiger partial charge in [0.15, 0.2) is 5.78 Å². The van der Waals surface area contributed by atoms with Gasteiger partial charge in [-0.3, -0.25) is 9.59 Å². The van der Waals surface area contributed by atoms with Crippen LogP contribution in [0.4, 0.5) is 0 Å². The van der Waals surface area contributed by atoms with Gasteiger partial charge in [0, 0.05) is 23.9 Å². The molecule has 1 aliphatic rings. The van der Waals surface area contributed by atoms with Crippen LogP contribution in [0.15, 0.2) is 30.5 Å². The fourth-order valence-electron chi connectivity index (χ4n) is 2.69. The summed E-state index contributed by atoms with van der Waals surface area (Å²) in [6.45, 7) is 2.33. The lowest BCUT2D eigenvalue weighted by atomic mass is 9.86. The van der Waals surface area contributed by atoms with Crippen molar-refractivity contribution in [1.82, 2.24) is 4.57 Å². The molecule has 21 heavy (non-hydrogen) atoms. The third-order valence-electron chi connectivity index (χ3n) is 3.68. The van der Waals surface area contributed by atoms with Gasteiger partial charge in [-0.1, -0.05) is 24.3 Å². The maximum Gasteiger partial charge on any atom is 0.340 e. The van der Waals surface area contributed by atoms with Crippen LogP contribution < -0.4 is 0 Å². The Labute approximate surface area is 121 Å². The Bertz CT molecular complexity index is 786. The normalized spacial score (nSPS) is 12.9. The molecule has 0 N–H and O–H groups in total. The van der Waals surface area contributed by atoms with Crippen LogP contribution >= 0.6 is 0 Å². The molecule has 1 aromatic carbocycles. The Balaban J connectivity index is 2.33. The lowest BCUT2D eigenvalue weighted by Gasteiger charge is -2.16. The molecule has 0 fully saturated rings. The highest BCUT2D eigenvalue weighted by atomic mass is 16.5. The van der Waals surface area contributed by atoms with Gasteiger partial charge in [-0.15, -0.1) is 0 Å².